The van der Waals surface area contributed by atoms with Crippen LogP contribution in [0.5, 0.6) is 5.75 Å². The summed E-state index contributed by atoms with van der Waals surface area (Å²) in [6.07, 6.45) is -0.0284. The summed E-state index contributed by atoms with van der Waals surface area (Å²) in [7, 11) is 1.51. The number of nitrogens with zero attached hydrogens (tertiary/aromatic N) is 1. The molecular formula is C20H19N5O4S. The number of hydrogen-bond donors (Lipinski definition) is 4. The van der Waals surface area contributed by atoms with Gasteiger partial charge in [0.05, 0.1) is 36.2 Å². The van der Waals surface area contributed by atoms with E-state index in [1.807, 2.05) is 0 Å². The zero-order valence-electron chi connectivity index (χ0n) is 16.0. The lowest BCUT2D eigenvalue weighted by Crippen LogP contribution is -2.20. The number of benzene rings is 2. The van der Waals surface area contributed by atoms with Crippen molar-refractivity contribution in [2.24, 2.45) is 5.73 Å². The van der Waals surface area contributed by atoms with E-state index in [0.29, 0.717) is 27.9 Å². The number of amides is 4. The molecule has 0 atom stereocenters. The summed E-state index contributed by atoms with van der Waals surface area (Å²) in [4.78, 5) is 40.2. The number of methoxy groups -OCH3 is 1. The smallest absolute Gasteiger partial charge is 0.325 e. The van der Waals surface area contributed by atoms with Gasteiger partial charge in [-0.1, -0.05) is 24.3 Å². The van der Waals surface area contributed by atoms with Crippen molar-refractivity contribution in [1.82, 2.24) is 4.98 Å². The second-order valence-corrected chi connectivity index (χ2v) is 6.92. The molecule has 0 radical (unpaired) electrons. The molecule has 0 saturated heterocycles. The molecule has 0 spiro atoms. The third-order valence-corrected chi connectivity index (χ3v) is 4.74. The number of para-hydroxylation sites is 3. The second kappa shape index (κ2) is 9.52. The Balaban J connectivity index is 1.58. The van der Waals surface area contributed by atoms with Gasteiger partial charge in [0.15, 0.2) is 5.13 Å². The zero-order chi connectivity index (χ0) is 21.5. The molecule has 10 heteroatoms. The molecule has 0 aliphatic carbocycles. The highest BCUT2D eigenvalue weighted by Crippen LogP contribution is 2.24. The maximum Gasteiger partial charge on any atom is 0.325 e. The number of nitrogens with one attached hydrogen (secondary N) is 3. The molecule has 0 saturated carbocycles. The van der Waals surface area contributed by atoms with Crippen molar-refractivity contribution < 1.29 is 19.1 Å². The van der Waals surface area contributed by atoms with Crippen LogP contribution in [0.3, 0.4) is 0 Å². The number of hydrogen-bond acceptors (Lipinski definition) is 6. The number of ether oxygens (including phenoxy) is 1. The minimum absolute atomic E-state index is 0.0284. The van der Waals surface area contributed by atoms with Crippen LogP contribution in [-0.4, -0.2) is 29.9 Å². The van der Waals surface area contributed by atoms with E-state index in [0.717, 1.165) is 0 Å². The van der Waals surface area contributed by atoms with Crippen molar-refractivity contribution in [2.45, 2.75) is 6.42 Å². The van der Waals surface area contributed by atoms with Gasteiger partial charge in [-0.2, -0.15) is 0 Å². The van der Waals surface area contributed by atoms with Crippen molar-refractivity contribution in [3.63, 3.8) is 0 Å². The minimum atomic E-state index is -0.632. The summed E-state index contributed by atoms with van der Waals surface area (Å²) >= 11 is 1.19. The molecule has 0 bridgehead atoms. The van der Waals surface area contributed by atoms with Crippen LogP contribution in [-0.2, 0) is 11.2 Å². The van der Waals surface area contributed by atoms with Crippen LogP contribution in [0.1, 0.15) is 16.1 Å². The van der Waals surface area contributed by atoms with E-state index in [9.17, 15) is 14.4 Å². The lowest BCUT2D eigenvalue weighted by atomic mass is 10.1. The second-order valence-electron chi connectivity index (χ2n) is 6.06. The maximum absolute atomic E-state index is 12.3. The first-order valence-electron chi connectivity index (χ1n) is 8.80. The number of urea groups is 1. The summed E-state index contributed by atoms with van der Waals surface area (Å²) in [5.41, 5.74) is 6.86. The Labute approximate surface area is 176 Å². The maximum atomic E-state index is 12.3. The molecule has 3 rings (SSSR count). The summed E-state index contributed by atoms with van der Waals surface area (Å²) in [5.74, 6) is -0.466. The molecular weight excluding hydrogens is 406 g/mol. The number of anilines is 3. The Bertz CT molecular complexity index is 1080. The van der Waals surface area contributed by atoms with Crippen molar-refractivity contribution in [1.29, 1.82) is 0 Å². The van der Waals surface area contributed by atoms with Crippen LogP contribution in [0.25, 0.3) is 0 Å². The highest BCUT2D eigenvalue weighted by molar-refractivity contribution is 7.14. The monoisotopic (exact) mass is 425 g/mol. The molecule has 30 heavy (non-hydrogen) atoms. The van der Waals surface area contributed by atoms with E-state index < -0.39 is 11.9 Å². The number of nitrogens with two attached hydrogens (primary N) is 1. The fourth-order valence-corrected chi connectivity index (χ4v) is 3.32. The van der Waals surface area contributed by atoms with E-state index in [4.69, 9.17) is 10.5 Å². The molecule has 1 heterocycles. The van der Waals surface area contributed by atoms with Gasteiger partial charge in [-0.05, 0) is 24.3 Å². The van der Waals surface area contributed by atoms with Gasteiger partial charge in [0.25, 0.3) is 5.91 Å². The summed E-state index contributed by atoms with van der Waals surface area (Å²) < 4.78 is 5.19. The predicted molar refractivity (Wildman–Crippen MR) is 115 cm³/mol. The molecule has 4 amide bonds. The topological polar surface area (TPSA) is 135 Å². The Kier molecular flexibility index (Phi) is 6.60. The Morgan fingerprint density at radius 3 is 2.43 bits per heavy atom. The SMILES string of the molecule is COc1ccccc1NC(=O)Nc1nc(CC(=O)Nc2ccccc2C(N)=O)cs1. The van der Waals surface area contributed by atoms with E-state index in [1.54, 1.807) is 47.8 Å². The quantitative estimate of drug-likeness (QED) is 0.461. The average Bonchev–Trinajstić information content (AvgIpc) is 3.14. The molecule has 0 aliphatic heterocycles. The fourth-order valence-electron chi connectivity index (χ4n) is 2.61. The van der Waals surface area contributed by atoms with E-state index in [1.165, 1.54) is 24.5 Å². The third kappa shape index (κ3) is 5.32. The van der Waals surface area contributed by atoms with Crippen LogP contribution < -0.4 is 26.4 Å². The van der Waals surface area contributed by atoms with E-state index in [2.05, 4.69) is 20.9 Å². The highest BCUT2D eigenvalue weighted by Gasteiger charge is 2.14. The van der Waals surface area contributed by atoms with E-state index in [-0.39, 0.29) is 17.9 Å². The Morgan fingerprint density at radius 1 is 1.00 bits per heavy atom. The van der Waals surface area contributed by atoms with Crippen molar-refractivity contribution >= 4 is 45.7 Å². The van der Waals surface area contributed by atoms with Gasteiger partial charge < -0.3 is 21.1 Å². The van der Waals surface area contributed by atoms with Gasteiger partial charge in [-0.15, -0.1) is 11.3 Å². The van der Waals surface area contributed by atoms with Crippen LogP contribution in [0.4, 0.5) is 21.3 Å². The summed E-state index contributed by atoms with van der Waals surface area (Å²) in [6, 6.07) is 13.0. The molecule has 9 nitrogen and oxygen atoms in total. The number of carbonyl (C=O) groups excluding carboxylic acids is 3. The Hall–Kier alpha value is -3.92. The van der Waals surface area contributed by atoms with Gasteiger partial charge in [0.2, 0.25) is 5.91 Å². The van der Waals surface area contributed by atoms with Crippen molar-refractivity contribution in [2.75, 3.05) is 23.1 Å². The first-order chi connectivity index (χ1) is 14.5. The van der Waals surface area contributed by atoms with Crippen molar-refractivity contribution in [3.05, 3.63) is 65.2 Å². The molecule has 2 aromatic carbocycles. The number of aromatic nitrogens is 1. The molecule has 0 fully saturated rings. The fraction of sp³-hybridized carbons (Fsp3) is 0.100. The number of rotatable bonds is 7. The van der Waals surface area contributed by atoms with Crippen molar-refractivity contribution in [3.8, 4) is 5.75 Å². The average molecular weight is 425 g/mol. The summed E-state index contributed by atoms with van der Waals surface area (Å²) in [5, 5.41) is 9.94. The number of carbonyl (C=O) groups is 3. The van der Waals surface area contributed by atoms with Crippen LogP contribution in [0.15, 0.2) is 53.9 Å². The molecule has 5 N–H and O–H groups in total. The molecule has 1 aromatic heterocycles. The molecule has 3 aromatic rings. The Morgan fingerprint density at radius 2 is 1.70 bits per heavy atom. The predicted octanol–water partition coefficient (Wildman–Crippen LogP) is 3.08. The lowest BCUT2D eigenvalue weighted by Gasteiger charge is -2.09. The lowest BCUT2D eigenvalue weighted by molar-refractivity contribution is -0.115. The molecule has 0 aliphatic rings. The molecule has 0 unspecified atom stereocenters. The number of thiazole rings is 1. The third-order valence-electron chi connectivity index (χ3n) is 3.94. The summed E-state index contributed by atoms with van der Waals surface area (Å²) in [6.45, 7) is 0. The van der Waals surface area contributed by atoms with Gasteiger partial charge >= 0.3 is 6.03 Å². The normalized spacial score (nSPS) is 10.2. The van der Waals surface area contributed by atoms with Crippen LogP contribution in [0, 0.1) is 0 Å². The minimum Gasteiger partial charge on any atom is -0.495 e. The van der Waals surface area contributed by atoms with Gasteiger partial charge in [-0.3, -0.25) is 14.9 Å². The first kappa shape index (κ1) is 20.8. The zero-order valence-corrected chi connectivity index (χ0v) is 16.8. The van der Waals surface area contributed by atoms with E-state index >= 15 is 0 Å². The highest BCUT2D eigenvalue weighted by atomic mass is 32.1. The van der Waals surface area contributed by atoms with Gasteiger partial charge in [-0.25, -0.2) is 9.78 Å². The van der Waals surface area contributed by atoms with Crippen LogP contribution in [0.2, 0.25) is 0 Å². The number of primary amides is 1. The van der Waals surface area contributed by atoms with Gasteiger partial charge in [0, 0.05) is 5.38 Å². The van der Waals surface area contributed by atoms with Crippen LogP contribution >= 0.6 is 11.3 Å². The van der Waals surface area contributed by atoms with Gasteiger partial charge in [0.1, 0.15) is 5.75 Å². The largest absolute Gasteiger partial charge is 0.495 e. The standard InChI is InChI=1S/C20H19N5O4S/c1-29-16-9-5-4-8-15(16)24-19(28)25-20-22-12(11-30-20)10-17(26)23-14-7-3-2-6-13(14)18(21)27/h2-9,11H,10H2,1H3,(H2,21,27)(H,23,26)(H2,22,24,25,28). The molecule has 154 valence electrons. The first-order valence-corrected chi connectivity index (χ1v) is 9.68.